The molecule has 0 atom stereocenters. The average Bonchev–Trinajstić information content (AvgIpc) is 3.21. The largest absolute Gasteiger partial charge is 0.495 e. The van der Waals surface area contributed by atoms with E-state index in [4.69, 9.17) is 18.6 Å². The fourth-order valence-corrected chi connectivity index (χ4v) is 2.80. The third kappa shape index (κ3) is 2.61. The second-order valence-corrected chi connectivity index (χ2v) is 5.28. The van der Waals surface area contributed by atoms with Crippen LogP contribution in [0, 0.1) is 0 Å². The maximum atomic E-state index is 12.2. The van der Waals surface area contributed by atoms with Crippen LogP contribution >= 0.6 is 11.5 Å². The number of hydrogen-bond acceptors (Lipinski definition) is 8. The second kappa shape index (κ2) is 6.25. The van der Waals surface area contributed by atoms with Gasteiger partial charge in [0.2, 0.25) is 5.75 Å². The zero-order valence-electron chi connectivity index (χ0n) is 12.8. The predicted molar refractivity (Wildman–Crippen MR) is 83.6 cm³/mol. The standard InChI is InChI=1S/C15H14N2O5S/c1-8(18)11-12(19-2)10-4-5-21-13(10)15(20-3)14(11)22-6-9-7-23-17-16-9/h4-5,7H,6H2,1-3H3. The Morgan fingerprint density at radius 1 is 1.26 bits per heavy atom. The molecule has 23 heavy (non-hydrogen) atoms. The molecule has 2 heterocycles. The van der Waals surface area contributed by atoms with Gasteiger partial charge in [-0.3, -0.25) is 4.79 Å². The third-order valence-electron chi connectivity index (χ3n) is 3.31. The SMILES string of the molecule is COc1c(C(C)=O)c(OCc2csnn2)c(OC)c2occc12. The van der Waals surface area contributed by atoms with Gasteiger partial charge in [0.05, 0.1) is 25.9 Å². The third-order valence-corrected chi connectivity index (χ3v) is 3.86. The zero-order chi connectivity index (χ0) is 16.4. The number of fused-ring (bicyclic) bond motifs is 1. The molecule has 0 fully saturated rings. The van der Waals surface area contributed by atoms with Gasteiger partial charge in [0.1, 0.15) is 23.6 Å². The van der Waals surface area contributed by atoms with E-state index in [-0.39, 0.29) is 18.1 Å². The van der Waals surface area contributed by atoms with Crippen LogP contribution in [-0.2, 0) is 6.61 Å². The first-order valence-electron chi connectivity index (χ1n) is 6.72. The van der Waals surface area contributed by atoms with E-state index >= 15 is 0 Å². The Balaban J connectivity index is 2.19. The summed E-state index contributed by atoms with van der Waals surface area (Å²) in [7, 11) is 2.99. The molecule has 0 spiro atoms. The number of methoxy groups -OCH3 is 2. The average molecular weight is 334 g/mol. The topological polar surface area (TPSA) is 83.7 Å². The number of Topliss-reactive ketones (excluding diaryl/α,β-unsaturated/α-hetero) is 1. The van der Waals surface area contributed by atoms with Crippen molar-refractivity contribution < 1.29 is 23.4 Å². The Bertz CT molecular complexity index is 841. The molecule has 0 amide bonds. The molecule has 1 aromatic carbocycles. The van der Waals surface area contributed by atoms with Gasteiger partial charge in [-0.05, 0) is 24.5 Å². The van der Waals surface area contributed by atoms with Crippen LogP contribution in [0.2, 0.25) is 0 Å². The maximum absolute atomic E-state index is 12.2. The molecule has 0 saturated heterocycles. The number of rotatable bonds is 6. The van der Waals surface area contributed by atoms with Crippen LogP contribution in [-0.4, -0.2) is 29.6 Å². The first-order chi connectivity index (χ1) is 11.2. The molecule has 0 aliphatic carbocycles. The Labute approximate surface area is 135 Å². The summed E-state index contributed by atoms with van der Waals surface area (Å²) in [5.41, 5.74) is 1.42. The van der Waals surface area contributed by atoms with Crippen molar-refractivity contribution in [3.05, 3.63) is 29.0 Å². The number of ketones is 1. The highest BCUT2D eigenvalue weighted by Crippen LogP contribution is 2.46. The zero-order valence-corrected chi connectivity index (χ0v) is 13.6. The van der Waals surface area contributed by atoms with E-state index in [1.165, 1.54) is 38.9 Å². The van der Waals surface area contributed by atoms with E-state index in [2.05, 4.69) is 9.59 Å². The number of benzene rings is 1. The minimum absolute atomic E-state index is 0.155. The van der Waals surface area contributed by atoms with Gasteiger partial charge in [-0.2, -0.15) is 0 Å². The summed E-state index contributed by atoms with van der Waals surface area (Å²) in [6.45, 7) is 1.60. The summed E-state index contributed by atoms with van der Waals surface area (Å²) < 4.78 is 25.9. The van der Waals surface area contributed by atoms with Crippen LogP contribution in [0.25, 0.3) is 11.0 Å². The van der Waals surface area contributed by atoms with E-state index in [0.29, 0.717) is 33.7 Å². The molecular formula is C15H14N2O5S. The lowest BCUT2D eigenvalue weighted by Crippen LogP contribution is -2.07. The van der Waals surface area contributed by atoms with Crippen LogP contribution in [0.3, 0.4) is 0 Å². The number of carbonyl (C=O) groups is 1. The van der Waals surface area contributed by atoms with Crippen LogP contribution in [0.15, 0.2) is 22.1 Å². The fraction of sp³-hybridized carbons (Fsp3) is 0.267. The van der Waals surface area contributed by atoms with Gasteiger partial charge in [-0.25, -0.2) is 0 Å². The Hall–Kier alpha value is -2.61. The number of nitrogens with zero attached hydrogens (tertiary/aromatic N) is 2. The molecule has 0 bridgehead atoms. The van der Waals surface area contributed by atoms with Crippen molar-refractivity contribution in [2.24, 2.45) is 0 Å². The summed E-state index contributed by atoms with van der Waals surface area (Å²) in [6.07, 6.45) is 1.51. The highest BCUT2D eigenvalue weighted by atomic mass is 32.1. The molecule has 0 radical (unpaired) electrons. The molecule has 120 valence electrons. The molecule has 0 unspecified atom stereocenters. The van der Waals surface area contributed by atoms with Crippen molar-refractivity contribution in [2.45, 2.75) is 13.5 Å². The number of furan rings is 1. The minimum atomic E-state index is -0.199. The Morgan fingerprint density at radius 3 is 2.65 bits per heavy atom. The van der Waals surface area contributed by atoms with Gasteiger partial charge in [0.15, 0.2) is 17.1 Å². The van der Waals surface area contributed by atoms with Crippen LogP contribution in [0.1, 0.15) is 23.0 Å². The highest BCUT2D eigenvalue weighted by Gasteiger charge is 2.27. The van der Waals surface area contributed by atoms with Crippen molar-refractivity contribution in [1.82, 2.24) is 9.59 Å². The monoisotopic (exact) mass is 334 g/mol. The lowest BCUT2D eigenvalue weighted by Gasteiger charge is -2.17. The molecular weight excluding hydrogens is 320 g/mol. The van der Waals surface area contributed by atoms with E-state index in [1.807, 2.05) is 0 Å². The minimum Gasteiger partial charge on any atom is -0.495 e. The van der Waals surface area contributed by atoms with E-state index in [0.717, 1.165) is 0 Å². The molecule has 3 aromatic rings. The molecule has 7 nitrogen and oxygen atoms in total. The molecule has 0 N–H and O–H groups in total. The predicted octanol–water partition coefficient (Wildman–Crippen LogP) is 3.08. The lowest BCUT2D eigenvalue weighted by molar-refractivity contribution is 0.100. The first-order valence-corrected chi connectivity index (χ1v) is 7.55. The normalized spacial score (nSPS) is 10.7. The van der Waals surface area contributed by atoms with Gasteiger partial charge < -0.3 is 18.6 Å². The van der Waals surface area contributed by atoms with Crippen LogP contribution in [0.4, 0.5) is 0 Å². The van der Waals surface area contributed by atoms with E-state index in [9.17, 15) is 4.79 Å². The number of carbonyl (C=O) groups excluding carboxylic acids is 1. The molecule has 0 aliphatic heterocycles. The number of hydrogen-bond donors (Lipinski definition) is 0. The smallest absolute Gasteiger partial charge is 0.205 e. The van der Waals surface area contributed by atoms with Gasteiger partial charge in [0.25, 0.3) is 0 Å². The summed E-state index contributed by atoms with van der Waals surface area (Å²) >= 11 is 1.22. The van der Waals surface area contributed by atoms with Crippen molar-refractivity contribution in [1.29, 1.82) is 0 Å². The summed E-state index contributed by atoms with van der Waals surface area (Å²) in [5, 5.41) is 6.34. The number of aromatic nitrogens is 2. The lowest BCUT2D eigenvalue weighted by atomic mass is 10.0. The quantitative estimate of drug-likeness (QED) is 0.640. The van der Waals surface area contributed by atoms with Gasteiger partial charge in [-0.1, -0.05) is 4.49 Å². The molecule has 2 aromatic heterocycles. The van der Waals surface area contributed by atoms with Crippen LogP contribution < -0.4 is 14.2 Å². The summed E-state index contributed by atoms with van der Waals surface area (Å²) in [6, 6.07) is 1.72. The van der Waals surface area contributed by atoms with Crippen molar-refractivity contribution in [3.8, 4) is 17.2 Å². The fourth-order valence-electron chi connectivity index (χ4n) is 2.37. The molecule has 0 saturated carbocycles. The summed E-state index contributed by atoms with van der Waals surface area (Å²) in [4.78, 5) is 12.2. The Kier molecular flexibility index (Phi) is 4.16. The van der Waals surface area contributed by atoms with Crippen molar-refractivity contribution >= 4 is 28.3 Å². The maximum Gasteiger partial charge on any atom is 0.205 e. The second-order valence-electron chi connectivity index (χ2n) is 4.68. The Morgan fingerprint density at radius 2 is 2.04 bits per heavy atom. The van der Waals surface area contributed by atoms with Crippen molar-refractivity contribution in [2.75, 3.05) is 14.2 Å². The van der Waals surface area contributed by atoms with Gasteiger partial charge in [-0.15, -0.1) is 5.10 Å². The van der Waals surface area contributed by atoms with Gasteiger partial charge in [0, 0.05) is 5.38 Å². The first kappa shape index (κ1) is 15.3. The summed E-state index contributed by atoms with van der Waals surface area (Å²) in [5.74, 6) is 0.814. The number of ether oxygens (including phenoxy) is 3. The van der Waals surface area contributed by atoms with Crippen molar-refractivity contribution in [3.63, 3.8) is 0 Å². The molecule has 3 rings (SSSR count). The van der Waals surface area contributed by atoms with Crippen LogP contribution in [0.5, 0.6) is 17.2 Å². The highest BCUT2D eigenvalue weighted by molar-refractivity contribution is 7.03. The van der Waals surface area contributed by atoms with Gasteiger partial charge >= 0.3 is 0 Å². The molecule has 0 aliphatic rings. The molecule has 8 heteroatoms. The van der Waals surface area contributed by atoms with E-state index in [1.54, 1.807) is 11.4 Å². The van der Waals surface area contributed by atoms with E-state index < -0.39 is 0 Å².